The molecule has 3 unspecified atom stereocenters. The summed E-state index contributed by atoms with van der Waals surface area (Å²) in [6.07, 6.45) is 1.18. The maximum absolute atomic E-state index is 6.34. The molecule has 3 aliphatic heterocycles. The molecule has 0 spiro atoms. The summed E-state index contributed by atoms with van der Waals surface area (Å²) in [5, 5.41) is 18.3. The molecule has 0 saturated carbocycles. The van der Waals surface area contributed by atoms with E-state index in [9.17, 15) is 0 Å². The van der Waals surface area contributed by atoms with Gasteiger partial charge >= 0.3 is 0 Å². The number of hydroxylamine groups is 2. The summed E-state index contributed by atoms with van der Waals surface area (Å²) in [6.45, 7) is 3.38. The number of fused-ring (bicyclic) bond motifs is 3. The average molecular weight is 431 g/mol. The van der Waals surface area contributed by atoms with Crippen LogP contribution >= 0.6 is 23.2 Å². The Labute approximate surface area is 178 Å². The van der Waals surface area contributed by atoms with Gasteiger partial charge in [-0.3, -0.25) is 4.84 Å². The molecule has 150 valence electrons. The number of hydrogen-bond acceptors (Lipinski definition) is 6. The molecular formula is C20H20Cl2N6O. The van der Waals surface area contributed by atoms with Crippen molar-refractivity contribution in [2.24, 2.45) is 5.92 Å². The van der Waals surface area contributed by atoms with Gasteiger partial charge in [0, 0.05) is 25.6 Å². The largest absolute Gasteiger partial charge is 0.349 e. The predicted molar refractivity (Wildman–Crippen MR) is 111 cm³/mol. The molecule has 9 heteroatoms. The van der Waals surface area contributed by atoms with Gasteiger partial charge in [0.25, 0.3) is 0 Å². The summed E-state index contributed by atoms with van der Waals surface area (Å²) in [7, 11) is 0. The quantitative estimate of drug-likeness (QED) is 0.661. The summed E-state index contributed by atoms with van der Waals surface area (Å²) in [5.41, 5.74) is 3.23. The minimum atomic E-state index is 0.414. The second kappa shape index (κ2) is 7.91. The van der Waals surface area contributed by atoms with Crippen molar-refractivity contribution >= 4 is 29.2 Å². The highest BCUT2D eigenvalue weighted by Crippen LogP contribution is 2.38. The fourth-order valence-corrected chi connectivity index (χ4v) is 4.56. The second-order valence-electron chi connectivity index (χ2n) is 7.38. The standard InChI is InChI=1S/C20H20Cl2N6O/c21-17-6-3-7-18(19(17)22)28-20(24-25-26-28)23-10-13-4-1-2-5-15(13)16-11-27-9-8-14(16)12-29-27/h1-7,14,16H,8-12H2,(H,23,24,26). The van der Waals surface area contributed by atoms with E-state index < -0.39 is 0 Å². The van der Waals surface area contributed by atoms with Crippen molar-refractivity contribution in [1.82, 2.24) is 25.3 Å². The van der Waals surface area contributed by atoms with Crippen LogP contribution in [0.1, 0.15) is 23.5 Å². The molecule has 3 atom stereocenters. The van der Waals surface area contributed by atoms with Gasteiger partial charge in [0.05, 0.1) is 22.3 Å². The first-order valence-electron chi connectivity index (χ1n) is 9.63. The zero-order chi connectivity index (χ0) is 19.8. The number of piperidine rings is 1. The third-order valence-corrected chi connectivity index (χ3v) is 6.52. The average Bonchev–Trinajstić information content (AvgIpc) is 3.23. The number of tetrazole rings is 1. The van der Waals surface area contributed by atoms with Gasteiger partial charge in [-0.25, -0.2) is 0 Å². The van der Waals surface area contributed by atoms with Crippen LogP contribution in [-0.4, -0.2) is 45.0 Å². The van der Waals surface area contributed by atoms with Gasteiger partial charge in [0.2, 0.25) is 5.95 Å². The Morgan fingerprint density at radius 2 is 2.03 bits per heavy atom. The molecule has 0 aliphatic carbocycles. The Balaban J connectivity index is 1.39. The van der Waals surface area contributed by atoms with Gasteiger partial charge in [-0.05, 0) is 46.0 Å². The molecule has 3 aromatic rings. The van der Waals surface area contributed by atoms with Gasteiger partial charge in [0.1, 0.15) is 0 Å². The number of hydrogen-bond donors (Lipinski definition) is 1. The van der Waals surface area contributed by atoms with Crippen LogP contribution in [0.5, 0.6) is 0 Å². The normalized spacial score (nSPS) is 23.3. The van der Waals surface area contributed by atoms with Crippen LogP contribution in [0.2, 0.25) is 10.0 Å². The number of nitrogens with zero attached hydrogens (tertiary/aromatic N) is 5. The molecule has 3 aliphatic rings. The van der Waals surface area contributed by atoms with Gasteiger partial charge < -0.3 is 5.32 Å². The number of halogens is 2. The summed E-state index contributed by atoms with van der Waals surface area (Å²) < 4.78 is 1.57. The Morgan fingerprint density at radius 3 is 2.83 bits per heavy atom. The van der Waals surface area contributed by atoms with E-state index in [1.807, 2.05) is 12.1 Å². The molecule has 0 amide bonds. The summed E-state index contributed by atoms with van der Waals surface area (Å²) in [6, 6.07) is 13.9. The first kappa shape index (κ1) is 18.8. The molecule has 1 N–H and O–H groups in total. The van der Waals surface area contributed by atoms with Crippen molar-refractivity contribution in [1.29, 1.82) is 0 Å². The highest BCUT2D eigenvalue weighted by Gasteiger charge is 2.37. The third kappa shape index (κ3) is 3.59. The van der Waals surface area contributed by atoms with E-state index in [1.165, 1.54) is 17.5 Å². The molecule has 7 nitrogen and oxygen atoms in total. The van der Waals surface area contributed by atoms with Crippen molar-refractivity contribution in [2.75, 3.05) is 25.0 Å². The van der Waals surface area contributed by atoms with Crippen LogP contribution in [-0.2, 0) is 11.4 Å². The topological polar surface area (TPSA) is 68.1 Å². The molecule has 4 heterocycles. The minimum absolute atomic E-state index is 0.414. The number of benzene rings is 2. The van der Waals surface area contributed by atoms with E-state index in [-0.39, 0.29) is 0 Å². The lowest BCUT2D eigenvalue weighted by atomic mass is 9.79. The number of aromatic nitrogens is 4. The minimum Gasteiger partial charge on any atom is -0.349 e. The summed E-state index contributed by atoms with van der Waals surface area (Å²) >= 11 is 12.5. The number of anilines is 1. The zero-order valence-electron chi connectivity index (χ0n) is 15.6. The van der Waals surface area contributed by atoms with Gasteiger partial charge in [-0.15, -0.1) is 0 Å². The van der Waals surface area contributed by atoms with Gasteiger partial charge in [0.15, 0.2) is 0 Å². The molecule has 1 aromatic heterocycles. The van der Waals surface area contributed by atoms with E-state index in [0.717, 1.165) is 19.7 Å². The Morgan fingerprint density at radius 1 is 1.14 bits per heavy atom. The van der Waals surface area contributed by atoms with Crippen molar-refractivity contribution in [3.63, 3.8) is 0 Å². The van der Waals surface area contributed by atoms with Gasteiger partial charge in [-0.1, -0.05) is 58.6 Å². The van der Waals surface area contributed by atoms with Crippen LogP contribution in [0.15, 0.2) is 42.5 Å². The van der Waals surface area contributed by atoms with Crippen LogP contribution in [0.4, 0.5) is 5.95 Å². The molecular weight excluding hydrogens is 411 g/mol. The smallest absolute Gasteiger partial charge is 0.248 e. The number of nitrogens with one attached hydrogen (secondary N) is 1. The Kier molecular flexibility index (Phi) is 5.13. The molecule has 3 saturated heterocycles. The maximum atomic E-state index is 6.34. The van der Waals surface area contributed by atoms with Crippen molar-refractivity contribution in [2.45, 2.75) is 18.9 Å². The number of rotatable bonds is 5. The van der Waals surface area contributed by atoms with Crippen molar-refractivity contribution < 1.29 is 4.84 Å². The first-order chi connectivity index (χ1) is 14.2. The lowest BCUT2D eigenvalue weighted by Crippen LogP contribution is -2.47. The molecule has 6 rings (SSSR count). The fraction of sp³-hybridized carbons (Fsp3) is 0.350. The molecule has 3 fully saturated rings. The van der Waals surface area contributed by atoms with Crippen molar-refractivity contribution in [3.8, 4) is 5.69 Å². The second-order valence-corrected chi connectivity index (χ2v) is 8.16. The van der Waals surface area contributed by atoms with Crippen molar-refractivity contribution in [3.05, 3.63) is 63.6 Å². The maximum Gasteiger partial charge on any atom is 0.248 e. The van der Waals surface area contributed by atoms with E-state index in [4.69, 9.17) is 28.0 Å². The van der Waals surface area contributed by atoms with Crippen LogP contribution < -0.4 is 5.32 Å². The predicted octanol–water partition coefficient (Wildman–Crippen LogP) is 3.93. The highest BCUT2D eigenvalue weighted by molar-refractivity contribution is 6.43. The Hall–Kier alpha value is -2.19. The lowest BCUT2D eigenvalue weighted by Gasteiger charge is -2.44. The molecule has 2 aromatic carbocycles. The third-order valence-electron chi connectivity index (χ3n) is 5.71. The SMILES string of the molecule is Clc1cccc(-n2nnnc2NCc2ccccc2C2CN3CCC2CO3)c1Cl. The van der Waals surface area contributed by atoms with Crippen LogP contribution in [0, 0.1) is 5.92 Å². The summed E-state index contributed by atoms with van der Waals surface area (Å²) in [5.74, 6) is 1.56. The van der Waals surface area contributed by atoms with E-state index in [0.29, 0.717) is 40.1 Å². The fourth-order valence-electron chi connectivity index (χ4n) is 4.19. The first-order valence-corrected chi connectivity index (χ1v) is 10.4. The van der Waals surface area contributed by atoms with Crippen LogP contribution in [0.3, 0.4) is 0 Å². The molecule has 0 radical (unpaired) electrons. The highest BCUT2D eigenvalue weighted by atomic mass is 35.5. The molecule has 29 heavy (non-hydrogen) atoms. The van der Waals surface area contributed by atoms with Gasteiger partial charge in [-0.2, -0.15) is 9.75 Å². The summed E-state index contributed by atoms with van der Waals surface area (Å²) in [4.78, 5) is 5.74. The zero-order valence-corrected chi connectivity index (χ0v) is 17.1. The molecule has 2 bridgehead atoms. The lowest BCUT2D eigenvalue weighted by molar-refractivity contribution is -0.235. The van der Waals surface area contributed by atoms with Crippen LogP contribution in [0.25, 0.3) is 5.69 Å². The van der Waals surface area contributed by atoms with E-state index in [1.54, 1.807) is 10.7 Å². The Bertz CT molecular complexity index is 1020. The monoisotopic (exact) mass is 430 g/mol. The van der Waals surface area contributed by atoms with E-state index in [2.05, 4.69) is 50.2 Å². The van der Waals surface area contributed by atoms with E-state index >= 15 is 0 Å².